The number of amides is 2. The maximum absolute atomic E-state index is 13.9. The first-order valence-electron chi connectivity index (χ1n) is 11.4. The first-order chi connectivity index (χ1) is 17.5. The van der Waals surface area contributed by atoms with E-state index < -0.39 is 23.1 Å². The Hall–Kier alpha value is -3.85. The quantitative estimate of drug-likeness (QED) is 0.278. The molecule has 0 aliphatic carbocycles. The highest BCUT2D eigenvalue weighted by atomic mass is 32.2. The largest absolute Gasteiger partial charge is 0.494 e. The third-order valence-corrected chi connectivity index (χ3v) is 6.43. The van der Waals surface area contributed by atoms with Crippen LogP contribution in [0.15, 0.2) is 77.8 Å². The number of nitrogens with zero attached hydrogens (tertiary/aromatic N) is 1. The number of rotatable bonds is 10. The van der Waals surface area contributed by atoms with E-state index in [9.17, 15) is 18.4 Å². The van der Waals surface area contributed by atoms with E-state index in [2.05, 4.69) is 10.6 Å². The fourth-order valence-corrected chi connectivity index (χ4v) is 4.64. The molecule has 6 nitrogen and oxygen atoms in total. The van der Waals surface area contributed by atoms with Crippen LogP contribution in [0.4, 0.5) is 14.5 Å². The second-order valence-electron chi connectivity index (χ2n) is 7.85. The van der Waals surface area contributed by atoms with E-state index >= 15 is 0 Å². The van der Waals surface area contributed by atoms with Crippen molar-refractivity contribution in [1.29, 1.82) is 0 Å². The van der Waals surface area contributed by atoms with Crippen LogP contribution in [0.3, 0.4) is 0 Å². The van der Waals surface area contributed by atoms with Crippen molar-refractivity contribution in [2.45, 2.75) is 18.4 Å². The molecule has 0 saturated carbocycles. The number of thioether (sulfide) groups is 1. The molecule has 0 fully saturated rings. The summed E-state index contributed by atoms with van der Waals surface area (Å²) in [4.78, 5) is 25.7. The van der Waals surface area contributed by atoms with Crippen molar-refractivity contribution >= 4 is 40.2 Å². The van der Waals surface area contributed by atoms with Gasteiger partial charge >= 0.3 is 0 Å². The zero-order valence-electron chi connectivity index (χ0n) is 19.6. The number of benzene rings is 3. The van der Waals surface area contributed by atoms with Gasteiger partial charge in [-0.15, -0.1) is 11.8 Å². The summed E-state index contributed by atoms with van der Waals surface area (Å²) in [6, 6.07) is 18.2. The molecular weight excluding hydrogens is 484 g/mol. The molecule has 2 N–H and O–H groups in total. The van der Waals surface area contributed by atoms with Crippen LogP contribution in [0.25, 0.3) is 10.9 Å². The zero-order chi connectivity index (χ0) is 25.5. The van der Waals surface area contributed by atoms with Gasteiger partial charge in [-0.3, -0.25) is 9.59 Å². The number of carbonyl (C=O) groups is 2. The number of hydrogen-bond donors (Lipinski definition) is 2. The van der Waals surface area contributed by atoms with Gasteiger partial charge in [0.2, 0.25) is 5.91 Å². The predicted octanol–water partition coefficient (Wildman–Crippen LogP) is 5.48. The zero-order valence-corrected chi connectivity index (χ0v) is 20.4. The molecule has 0 spiro atoms. The van der Waals surface area contributed by atoms with Gasteiger partial charge in [0.15, 0.2) is 0 Å². The molecule has 0 unspecified atom stereocenters. The van der Waals surface area contributed by atoms with Gasteiger partial charge in [-0.2, -0.15) is 0 Å². The summed E-state index contributed by atoms with van der Waals surface area (Å²) in [7, 11) is 0. The Morgan fingerprint density at radius 2 is 1.69 bits per heavy atom. The normalized spacial score (nSPS) is 10.9. The highest BCUT2D eigenvalue weighted by Crippen LogP contribution is 2.30. The van der Waals surface area contributed by atoms with Gasteiger partial charge in [0, 0.05) is 40.8 Å². The Morgan fingerprint density at radius 1 is 0.972 bits per heavy atom. The molecular formula is C27H25F2N3O3S. The van der Waals surface area contributed by atoms with Crippen molar-refractivity contribution in [2.75, 3.05) is 24.2 Å². The lowest BCUT2D eigenvalue weighted by molar-refractivity contribution is -0.113. The summed E-state index contributed by atoms with van der Waals surface area (Å²) in [6.07, 6.45) is 1.91. The number of ether oxygens (including phenoxy) is 1. The first-order valence-corrected chi connectivity index (χ1v) is 12.4. The summed E-state index contributed by atoms with van der Waals surface area (Å²) in [5.74, 6) is -1.79. The average Bonchev–Trinajstić information content (AvgIpc) is 3.22. The number of fused-ring (bicyclic) bond motifs is 1. The molecule has 3 aromatic carbocycles. The van der Waals surface area contributed by atoms with E-state index in [4.69, 9.17) is 4.74 Å². The number of carbonyl (C=O) groups excluding carboxylic acids is 2. The molecule has 0 bridgehead atoms. The van der Waals surface area contributed by atoms with Gasteiger partial charge in [-0.1, -0.05) is 24.3 Å². The third kappa shape index (κ3) is 6.04. The highest BCUT2D eigenvalue weighted by Gasteiger charge is 2.17. The second-order valence-corrected chi connectivity index (χ2v) is 8.87. The molecule has 0 radical (unpaired) electrons. The van der Waals surface area contributed by atoms with E-state index in [0.29, 0.717) is 18.8 Å². The molecule has 186 valence electrons. The van der Waals surface area contributed by atoms with Crippen LogP contribution in [0, 0.1) is 11.6 Å². The second kappa shape index (κ2) is 11.7. The molecule has 4 aromatic rings. The predicted molar refractivity (Wildman–Crippen MR) is 138 cm³/mol. The lowest BCUT2D eigenvalue weighted by atomic mass is 10.2. The van der Waals surface area contributed by atoms with Crippen LogP contribution in [-0.4, -0.2) is 35.3 Å². The van der Waals surface area contributed by atoms with E-state index in [-0.39, 0.29) is 18.2 Å². The van der Waals surface area contributed by atoms with Crippen LogP contribution in [-0.2, 0) is 11.3 Å². The molecule has 0 aliphatic rings. The standard InChI is InChI=1S/C27H25F2N3O3S/c1-2-35-19-12-10-18(11-13-19)31-25(33)17-36-24-16-32(23-9-4-3-6-20(23)24)15-14-30-27(34)26-21(28)7-5-8-22(26)29/h3-13,16H,2,14-15,17H2,1H3,(H,30,34)(H,31,33). The molecule has 36 heavy (non-hydrogen) atoms. The van der Waals surface area contributed by atoms with Gasteiger partial charge in [0.25, 0.3) is 5.91 Å². The topological polar surface area (TPSA) is 72.4 Å². The van der Waals surface area contributed by atoms with E-state index in [1.807, 2.05) is 42.0 Å². The smallest absolute Gasteiger partial charge is 0.257 e. The lowest BCUT2D eigenvalue weighted by Crippen LogP contribution is -2.28. The minimum Gasteiger partial charge on any atom is -0.494 e. The maximum atomic E-state index is 13.9. The molecule has 9 heteroatoms. The van der Waals surface area contributed by atoms with Gasteiger partial charge in [0.05, 0.1) is 12.4 Å². The Morgan fingerprint density at radius 3 is 2.42 bits per heavy atom. The van der Waals surface area contributed by atoms with Crippen LogP contribution in [0.5, 0.6) is 5.75 Å². The number of halogens is 2. The molecule has 2 amide bonds. The van der Waals surface area contributed by atoms with Crippen molar-refractivity contribution in [2.24, 2.45) is 0 Å². The average molecular weight is 510 g/mol. The molecule has 4 rings (SSSR count). The lowest BCUT2D eigenvalue weighted by Gasteiger charge is -2.09. The van der Waals surface area contributed by atoms with Crippen molar-refractivity contribution in [3.63, 3.8) is 0 Å². The summed E-state index contributed by atoms with van der Waals surface area (Å²) in [5, 5.41) is 6.42. The van der Waals surface area contributed by atoms with Crippen molar-refractivity contribution in [3.05, 3.63) is 90.1 Å². The number of hydrogen-bond acceptors (Lipinski definition) is 4. The van der Waals surface area contributed by atoms with Crippen LogP contribution in [0.1, 0.15) is 17.3 Å². The number of aromatic nitrogens is 1. The summed E-state index contributed by atoms with van der Waals surface area (Å²) in [5.41, 5.74) is 1.02. The Kier molecular flexibility index (Phi) is 8.22. The van der Waals surface area contributed by atoms with Crippen LogP contribution < -0.4 is 15.4 Å². The van der Waals surface area contributed by atoms with E-state index in [1.54, 1.807) is 24.3 Å². The number of anilines is 1. The third-order valence-electron chi connectivity index (χ3n) is 5.39. The van der Waals surface area contributed by atoms with Crippen molar-refractivity contribution in [1.82, 2.24) is 9.88 Å². The molecule has 1 aromatic heterocycles. The minimum absolute atomic E-state index is 0.139. The highest BCUT2D eigenvalue weighted by molar-refractivity contribution is 8.00. The monoisotopic (exact) mass is 509 g/mol. The summed E-state index contributed by atoms with van der Waals surface area (Å²) < 4.78 is 35.1. The molecule has 0 saturated heterocycles. The minimum atomic E-state index is -0.902. The molecule has 0 aliphatic heterocycles. The Bertz CT molecular complexity index is 1350. The van der Waals surface area contributed by atoms with Gasteiger partial charge < -0.3 is 19.9 Å². The number of nitrogens with one attached hydrogen (secondary N) is 2. The number of para-hydroxylation sites is 1. The van der Waals surface area contributed by atoms with Gasteiger partial charge in [-0.05, 0) is 49.4 Å². The fourth-order valence-electron chi connectivity index (χ4n) is 3.75. The molecule has 0 atom stereocenters. The van der Waals surface area contributed by atoms with Crippen molar-refractivity contribution in [3.8, 4) is 5.75 Å². The van der Waals surface area contributed by atoms with Gasteiger partial charge in [-0.25, -0.2) is 8.78 Å². The van der Waals surface area contributed by atoms with E-state index in [1.165, 1.54) is 17.8 Å². The summed E-state index contributed by atoms with van der Waals surface area (Å²) in [6.45, 7) is 3.05. The molecule has 1 heterocycles. The maximum Gasteiger partial charge on any atom is 0.257 e. The van der Waals surface area contributed by atoms with Crippen LogP contribution >= 0.6 is 11.8 Å². The van der Waals surface area contributed by atoms with Crippen LogP contribution in [0.2, 0.25) is 0 Å². The first kappa shape index (κ1) is 25.2. The summed E-state index contributed by atoms with van der Waals surface area (Å²) >= 11 is 1.41. The SMILES string of the molecule is CCOc1ccc(NC(=O)CSc2cn(CCNC(=O)c3c(F)cccc3F)c3ccccc23)cc1. The van der Waals surface area contributed by atoms with Gasteiger partial charge in [0.1, 0.15) is 22.9 Å². The van der Waals surface area contributed by atoms with E-state index in [0.717, 1.165) is 33.7 Å². The fraction of sp³-hybridized carbons (Fsp3) is 0.185. The Labute approximate surface area is 211 Å². The Balaban J connectivity index is 1.37. The van der Waals surface area contributed by atoms with Crippen molar-refractivity contribution < 1.29 is 23.1 Å².